The van der Waals surface area contributed by atoms with Gasteiger partial charge in [-0.25, -0.2) is 4.90 Å². The van der Waals surface area contributed by atoms with Crippen LogP contribution in [0.5, 0.6) is 5.75 Å². The zero-order chi connectivity index (χ0) is 17.9. The van der Waals surface area contributed by atoms with E-state index in [2.05, 4.69) is 0 Å². The summed E-state index contributed by atoms with van der Waals surface area (Å²) in [7, 11) is 0. The average Bonchev–Trinajstić information content (AvgIpc) is 3.17. The fourth-order valence-electron chi connectivity index (χ4n) is 4.08. The van der Waals surface area contributed by atoms with Gasteiger partial charge in [0, 0.05) is 5.56 Å². The summed E-state index contributed by atoms with van der Waals surface area (Å²) in [4.78, 5) is 39.0. The minimum absolute atomic E-state index is 0.138. The lowest BCUT2D eigenvalue weighted by atomic mass is 9.78. The monoisotopic (exact) mass is 341 g/mol. The van der Waals surface area contributed by atoms with Crippen molar-refractivity contribution in [3.8, 4) is 5.75 Å². The third-order valence-corrected chi connectivity index (χ3v) is 5.24. The Bertz CT molecular complexity index is 829. The fourth-order valence-corrected chi connectivity index (χ4v) is 4.08. The van der Waals surface area contributed by atoms with Gasteiger partial charge in [-0.3, -0.25) is 14.4 Å². The second-order valence-electron chi connectivity index (χ2n) is 6.81. The maximum atomic E-state index is 13.1. The maximum absolute atomic E-state index is 13.1. The molecule has 0 radical (unpaired) electrons. The predicted molar refractivity (Wildman–Crippen MR) is 89.5 cm³/mol. The molecule has 0 N–H and O–H groups in total. The first-order valence-electron chi connectivity index (χ1n) is 8.40. The summed E-state index contributed by atoms with van der Waals surface area (Å²) >= 11 is 0. The second-order valence-corrected chi connectivity index (χ2v) is 6.81. The first-order chi connectivity index (χ1) is 11.9. The molecule has 4 rings (SSSR count). The summed E-state index contributed by atoms with van der Waals surface area (Å²) < 4.78 is 11.4. The predicted octanol–water partition coefficient (Wildman–Crippen LogP) is 2.12. The number of anilines is 1. The maximum Gasteiger partial charge on any atom is 0.241 e. The molecule has 0 aliphatic carbocycles. The zero-order valence-electron chi connectivity index (χ0n) is 14.3. The van der Waals surface area contributed by atoms with Crippen LogP contribution in [0.2, 0.25) is 0 Å². The molecule has 130 valence electrons. The molecule has 6 heteroatoms. The van der Waals surface area contributed by atoms with Crippen molar-refractivity contribution in [2.75, 3.05) is 11.5 Å². The van der Waals surface area contributed by atoms with Crippen LogP contribution in [-0.4, -0.2) is 35.9 Å². The number of Topliss-reactive ketones (excluding diaryl/α,β-unsaturated/α-hetero) is 1. The van der Waals surface area contributed by atoms with Crippen LogP contribution in [-0.2, 0) is 14.3 Å². The highest BCUT2D eigenvalue weighted by atomic mass is 16.5. The number of fused-ring (bicyclic) bond motifs is 5. The summed E-state index contributed by atoms with van der Waals surface area (Å²) in [6, 6.07) is 4.83. The van der Waals surface area contributed by atoms with Gasteiger partial charge in [0.1, 0.15) is 5.75 Å². The first kappa shape index (κ1) is 16.0. The molecule has 0 aromatic heterocycles. The van der Waals surface area contributed by atoms with Gasteiger partial charge in [0.2, 0.25) is 11.8 Å². The Balaban J connectivity index is 1.80. The molecule has 0 spiro atoms. The molecule has 2 saturated heterocycles. The van der Waals surface area contributed by atoms with Gasteiger partial charge in [-0.05, 0) is 39.0 Å². The lowest BCUT2D eigenvalue weighted by Crippen LogP contribution is -2.38. The van der Waals surface area contributed by atoms with Crippen LogP contribution in [0.25, 0.3) is 0 Å². The Kier molecular flexibility index (Phi) is 3.37. The van der Waals surface area contributed by atoms with Crippen molar-refractivity contribution in [2.45, 2.75) is 32.5 Å². The molecule has 2 bridgehead atoms. The van der Waals surface area contributed by atoms with Gasteiger partial charge in [0.15, 0.2) is 5.78 Å². The van der Waals surface area contributed by atoms with E-state index in [1.54, 1.807) is 18.2 Å². The van der Waals surface area contributed by atoms with Gasteiger partial charge in [-0.1, -0.05) is 12.2 Å². The summed E-state index contributed by atoms with van der Waals surface area (Å²) in [6.07, 6.45) is 3.34. The van der Waals surface area contributed by atoms with Crippen LogP contribution in [0.1, 0.15) is 31.1 Å². The van der Waals surface area contributed by atoms with Crippen molar-refractivity contribution in [1.29, 1.82) is 0 Å². The van der Waals surface area contributed by atoms with Crippen molar-refractivity contribution in [3.63, 3.8) is 0 Å². The standard InChI is InChI=1S/C19H19NO5/c1-4-24-13-6-5-11(10(2)21)9-12(13)20-17(22)15-14-7-8-19(3,25-14)16(15)18(20)23/h5-9,14-16H,4H2,1-3H3/t14-,15-,16-,19+/m0/s1. The normalized spacial score (nSPS) is 32.4. The molecule has 3 heterocycles. The average molecular weight is 341 g/mol. The number of imide groups is 1. The zero-order valence-corrected chi connectivity index (χ0v) is 14.3. The fraction of sp³-hybridized carbons (Fsp3) is 0.421. The van der Waals surface area contributed by atoms with Crippen LogP contribution in [0, 0.1) is 11.8 Å². The van der Waals surface area contributed by atoms with Crippen LogP contribution in [0.15, 0.2) is 30.4 Å². The quantitative estimate of drug-likeness (QED) is 0.476. The molecule has 6 nitrogen and oxygen atoms in total. The highest BCUT2D eigenvalue weighted by Crippen LogP contribution is 2.53. The lowest BCUT2D eigenvalue weighted by molar-refractivity contribution is -0.126. The molecular formula is C19H19NO5. The number of carbonyl (C=O) groups excluding carboxylic acids is 3. The van der Waals surface area contributed by atoms with Crippen LogP contribution < -0.4 is 9.64 Å². The molecule has 3 aliphatic heterocycles. The smallest absolute Gasteiger partial charge is 0.241 e. The third kappa shape index (κ3) is 2.10. The highest BCUT2D eigenvalue weighted by Gasteiger charge is 2.66. The summed E-state index contributed by atoms with van der Waals surface area (Å²) in [5, 5.41) is 0. The van der Waals surface area contributed by atoms with Gasteiger partial charge >= 0.3 is 0 Å². The summed E-state index contributed by atoms with van der Waals surface area (Å²) in [5.41, 5.74) is 0.0162. The van der Waals surface area contributed by atoms with Crippen molar-refractivity contribution in [3.05, 3.63) is 35.9 Å². The molecule has 3 aliphatic rings. The van der Waals surface area contributed by atoms with E-state index in [4.69, 9.17) is 9.47 Å². The Labute approximate surface area is 145 Å². The van der Waals surface area contributed by atoms with E-state index in [1.807, 2.05) is 26.0 Å². The van der Waals surface area contributed by atoms with Crippen LogP contribution in [0.4, 0.5) is 5.69 Å². The Morgan fingerprint density at radius 2 is 2.08 bits per heavy atom. The van der Waals surface area contributed by atoms with E-state index >= 15 is 0 Å². The van der Waals surface area contributed by atoms with E-state index in [1.165, 1.54) is 11.8 Å². The molecule has 4 atom stereocenters. The number of nitrogens with zero attached hydrogens (tertiary/aromatic N) is 1. The van der Waals surface area contributed by atoms with E-state index in [0.717, 1.165) is 0 Å². The number of ether oxygens (including phenoxy) is 2. The number of hydrogen-bond acceptors (Lipinski definition) is 5. The minimum Gasteiger partial charge on any atom is -0.492 e. The van der Waals surface area contributed by atoms with Gasteiger partial charge in [-0.2, -0.15) is 0 Å². The van der Waals surface area contributed by atoms with Crippen molar-refractivity contribution in [2.24, 2.45) is 11.8 Å². The number of ketones is 1. The summed E-state index contributed by atoms with van der Waals surface area (Å²) in [5.74, 6) is -1.37. The Hall–Kier alpha value is -2.47. The number of hydrogen-bond donors (Lipinski definition) is 0. The van der Waals surface area contributed by atoms with E-state index < -0.39 is 17.4 Å². The van der Waals surface area contributed by atoms with Crippen LogP contribution >= 0.6 is 0 Å². The SMILES string of the molecule is CCOc1ccc(C(C)=O)cc1N1C(=O)[C@H]2[C@@H]3C=C[C@@](C)(O3)[C@@H]2C1=O. The molecule has 1 aromatic rings. The Morgan fingerprint density at radius 3 is 2.72 bits per heavy atom. The Morgan fingerprint density at radius 1 is 1.32 bits per heavy atom. The number of amides is 2. The van der Waals surface area contributed by atoms with E-state index in [9.17, 15) is 14.4 Å². The lowest BCUT2D eigenvalue weighted by Gasteiger charge is -2.25. The van der Waals surface area contributed by atoms with Crippen molar-refractivity contribution in [1.82, 2.24) is 0 Å². The summed E-state index contributed by atoms with van der Waals surface area (Å²) in [6.45, 7) is 5.49. The van der Waals surface area contributed by atoms with Gasteiger partial charge in [-0.15, -0.1) is 0 Å². The molecule has 2 amide bonds. The number of benzene rings is 1. The van der Waals surface area contributed by atoms with Gasteiger partial charge < -0.3 is 9.47 Å². The highest BCUT2D eigenvalue weighted by molar-refractivity contribution is 6.24. The number of carbonyl (C=O) groups is 3. The molecule has 2 fully saturated rings. The first-order valence-corrected chi connectivity index (χ1v) is 8.40. The second kappa shape index (κ2) is 5.26. The molecule has 0 saturated carbocycles. The minimum atomic E-state index is -0.749. The molecular weight excluding hydrogens is 322 g/mol. The van der Waals surface area contributed by atoms with Crippen LogP contribution in [0.3, 0.4) is 0 Å². The van der Waals surface area contributed by atoms with Gasteiger partial charge in [0.05, 0.1) is 35.8 Å². The van der Waals surface area contributed by atoms with Gasteiger partial charge in [0.25, 0.3) is 0 Å². The van der Waals surface area contributed by atoms with E-state index in [-0.39, 0.29) is 23.7 Å². The number of rotatable bonds is 4. The third-order valence-electron chi connectivity index (χ3n) is 5.24. The largest absolute Gasteiger partial charge is 0.492 e. The van der Waals surface area contributed by atoms with E-state index in [0.29, 0.717) is 23.6 Å². The van der Waals surface area contributed by atoms with Crippen molar-refractivity contribution < 1.29 is 23.9 Å². The molecule has 1 aromatic carbocycles. The van der Waals surface area contributed by atoms with Crippen molar-refractivity contribution >= 4 is 23.3 Å². The molecule has 0 unspecified atom stereocenters. The topological polar surface area (TPSA) is 72.9 Å². The molecule has 25 heavy (non-hydrogen) atoms.